The summed E-state index contributed by atoms with van der Waals surface area (Å²) in [4.78, 5) is 4.04. The van der Waals surface area contributed by atoms with Crippen LogP contribution in [0.4, 0.5) is 0 Å². The van der Waals surface area contributed by atoms with Gasteiger partial charge in [-0.25, -0.2) is 4.98 Å². The summed E-state index contributed by atoms with van der Waals surface area (Å²) < 4.78 is 5.32. The van der Waals surface area contributed by atoms with E-state index >= 15 is 0 Å². The number of hydrogen-bond donors (Lipinski definition) is 0. The van der Waals surface area contributed by atoms with Crippen molar-refractivity contribution in [3.05, 3.63) is 40.9 Å². The Labute approximate surface area is 97.8 Å². The predicted molar refractivity (Wildman–Crippen MR) is 61.2 cm³/mol. The number of hydrogen-bond acceptors (Lipinski definition) is 2. The maximum atomic E-state index is 6.03. The van der Waals surface area contributed by atoms with Gasteiger partial charge in [-0.05, 0) is 18.6 Å². The molecule has 0 spiro atoms. The summed E-state index contributed by atoms with van der Waals surface area (Å²) in [7, 11) is 0. The third-order valence-electron chi connectivity index (χ3n) is 2.28. The third-order valence-corrected chi connectivity index (χ3v) is 2.94. The van der Waals surface area contributed by atoms with Gasteiger partial charge in [0.05, 0.1) is 5.88 Å². The van der Waals surface area contributed by atoms with E-state index < -0.39 is 0 Å². The zero-order valence-corrected chi connectivity index (χ0v) is 9.64. The molecule has 0 unspecified atom stereocenters. The highest BCUT2D eigenvalue weighted by molar-refractivity contribution is 6.31. The highest BCUT2D eigenvalue weighted by Gasteiger charge is 2.13. The van der Waals surface area contributed by atoms with Gasteiger partial charge in [-0.15, -0.1) is 11.6 Å². The summed E-state index contributed by atoms with van der Waals surface area (Å²) in [6, 6.07) is 5.67. The lowest BCUT2D eigenvalue weighted by atomic mass is 10.1. The van der Waals surface area contributed by atoms with Crippen molar-refractivity contribution in [1.29, 1.82) is 0 Å². The molecule has 1 heterocycles. The van der Waals surface area contributed by atoms with Crippen molar-refractivity contribution in [3.8, 4) is 11.3 Å². The molecule has 0 N–H and O–H groups in total. The van der Waals surface area contributed by atoms with Crippen LogP contribution in [0.25, 0.3) is 11.3 Å². The SMILES string of the molecule is Cc1c(Cl)cccc1-c1ocnc1CCl. The van der Waals surface area contributed by atoms with Gasteiger partial charge >= 0.3 is 0 Å². The summed E-state index contributed by atoms with van der Waals surface area (Å²) >= 11 is 11.8. The molecule has 0 aliphatic rings. The summed E-state index contributed by atoms with van der Waals surface area (Å²) in [6.07, 6.45) is 1.40. The van der Waals surface area contributed by atoms with Crippen LogP contribution in [0.1, 0.15) is 11.3 Å². The fourth-order valence-electron chi connectivity index (χ4n) is 1.44. The Hall–Kier alpha value is -0.990. The van der Waals surface area contributed by atoms with Crippen molar-refractivity contribution in [1.82, 2.24) is 4.98 Å². The molecule has 2 rings (SSSR count). The van der Waals surface area contributed by atoms with Crippen molar-refractivity contribution >= 4 is 23.2 Å². The van der Waals surface area contributed by atoms with Crippen LogP contribution < -0.4 is 0 Å². The first-order chi connectivity index (χ1) is 7.24. The molecule has 0 radical (unpaired) electrons. The van der Waals surface area contributed by atoms with Gasteiger partial charge in [-0.3, -0.25) is 0 Å². The standard InChI is InChI=1S/C11H9Cl2NO/c1-7-8(3-2-4-9(7)13)11-10(5-12)14-6-15-11/h2-4,6H,5H2,1H3. The zero-order valence-electron chi connectivity index (χ0n) is 8.13. The van der Waals surface area contributed by atoms with Gasteiger partial charge < -0.3 is 4.42 Å². The van der Waals surface area contributed by atoms with Crippen LogP contribution in [0.15, 0.2) is 29.0 Å². The molecule has 78 valence electrons. The number of alkyl halides is 1. The van der Waals surface area contributed by atoms with Crippen molar-refractivity contribution < 1.29 is 4.42 Å². The van der Waals surface area contributed by atoms with Crippen LogP contribution in [-0.2, 0) is 5.88 Å². The zero-order chi connectivity index (χ0) is 10.8. The molecule has 0 saturated carbocycles. The second-order valence-corrected chi connectivity index (χ2v) is 3.85. The van der Waals surface area contributed by atoms with E-state index in [1.54, 1.807) is 0 Å². The molecule has 1 aromatic carbocycles. The van der Waals surface area contributed by atoms with Gasteiger partial charge in [-0.2, -0.15) is 0 Å². The molecule has 2 nitrogen and oxygen atoms in total. The largest absolute Gasteiger partial charge is 0.443 e. The van der Waals surface area contributed by atoms with Crippen LogP contribution in [0.5, 0.6) is 0 Å². The summed E-state index contributed by atoms with van der Waals surface area (Å²) in [5.74, 6) is 1.03. The topological polar surface area (TPSA) is 26.0 Å². The lowest BCUT2D eigenvalue weighted by Gasteiger charge is -2.04. The van der Waals surface area contributed by atoms with Gasteiger partial charge in [0, 0.05) is 10.6 Å². The molecular weight excluding hydrogens is 233 g/mol. The molecule has 0 atom stereocenters. The molecule has 0 saturated heterocycles. The van der Waals surface area contributed by atoms with E-state index in [1.807, 2.05) is 25.1 Å². The van der Waals surface area contributed by atoms with E-state index in [2.05, 4.69) is 4.98 Å². The lowest BCUT2D eigenvalue weighted by Crippen LogP contribution is -1.87. The number of halogens is 2. The number of nitrogens with zero attached hydrogens (tertiary/aromatic N) is 1. The van der Waals surface area contributed by atoms with Crippen molar-refractivity contribution in [2.75, 3.05) is 0 Å². The van der Waals surface area contributed by atoms with E-state index in [1.165, 1.54) is 6.39 Å². The Morgan fingerprint density at radius 3 is 2.93 bits per heavy atom. The minimum absolute atomic E-state index is 0.331. The molecule has 0 fully saturated rings. The van der Waals surface area contributed by atoms with Gasteiger partial charge in [0.2, 0.25) is 0 Å². The maximum absolute atomic E-state index is 6.03. The smallest absolute Gasteiger partial charge is 0.181 e. The van der Waals surface area contributed by atoms with Crippen LogP contribution in [0.3, 0.4) is 0 Å². The Bertz CT molecular complexity index is 479. The van der Waals surface area contributed by atoms with E-state index in [9.17, 15) is 0 Å². The molecule has 0 amide bonds. The predicted octanol–water partition coefficient (Wildman–Crippen LogP) is 4.04. The Balaban J connectivity index is 2.59. The van der Waals surface area contributed by atoms with Crippen molar-refractivity contribution in [2.45, 2.75) is 12.8 Å². The number of oxazole rings is 1. The summed E-state index contributed by atoms with van der Waals surface area (Å²) in [5.41, 5.74) is 2.65. The maximum Gasteiger partial charge on any atom is 0.181 e. The van der Waals surface area contributed by atoms with Gasteiger partial charge in [0.15, 0.2) is 12.2 Å². The van der Waals surface area contributed by atoms with Crippen molar-refractivity contribution in [2.24, 2.45) is 0 Å². The number of aromatic nitrogens is 1. The van der Waals surface area contributed by atoms with E-state index in [0.29, 0.717) is 16.7 Å². The highest BCUT2D eigenvalue weighted by atomic mass is 35.5. The van der Waals surface area contributed by atoms with Gasteiger partial charge in [0.25, 0.3) is 0 Å². The monoisotopic (exact) mass is 241 g/mol. The normalized spacial score (nSPS) is 10.6. The van der Waals surface area contributed by atoms with E-state index in [4.69, 9.17) is 27.6 Å². The van der Waals surface area contributed by atoms with Gasteiger partial charge in [0.1, 0.15) is 5.69 Å². The molecule has 0 aliphatic carbocycles. The molecular formula is C11H9Cl2NO. The van der Waals surface area contributed by atoms with Crippen LogP contribution in [0.2, 0.25) is 5.02 Å². The third kappa shape index (κ3) is 1.87. The first kappa shape index (κ1) is 10.5. The molecule has 1 aromatic heterocycles. The second kappa shape index (κ2) is 4.25. The number of benzene rings is 1. The Morgan fingerprint density at radius 2 is 2.20 bits per heavy atom. The van der Waals surface area contributed by atoms with Crippen LogP contribution in [0, 0.1) is 6.92 Å². The Kier molecular flexibility index (Phi) is 2.98. The number of rotatable bonds is 2. The molecule has 15 heavy (non-hydrogen) atoms. The lowest BCUT2D eigenvalue weighted by molar-refractivity contribution is 0.571. The molecule has 2 aromatic rings. The summed E-state index contributed by atoms with van der Waals surface area (Å²) in [6.45, 7) is 1.94. The van der Waals surface area contributed by atoms with Crippen LogP contribution in [-0.4, -0.2) is 4.98 Å². The molecule has 0 aliphatic heterocycles. The second-order valence-electron chi connectivity index (χ2n) is 3.17. The van der Waals surface area contributed by atoms with Crippen molar-refractivity contribution in [3.63, 3.8) is 0 Å². The van der Waals surface area contributed by atoms with Gasteiger partial charge in [-0.1, -0.05) is 23.7 Å². The molecule has 4 heteroatoms. The average Bonchev–Trinajstić information content (AvgIpc) is 2.70. The molecule has 0 bridgehead atoms. The highest BCUT2D eigenvalue weighted by Crippen LogP contribution is 2.30. The first-order valence-corrected chi connectivity index (χ1v) is 5.39. The Morgan fingerprint density at radius 1 is 1.40 bits per heavy atom. The first-order valence-electron chi connectivity index (χ1n) is 4.48. The quantitative estimate of drug-likeness (QED) is 0.742. The van der Waals surface area contributed by atoms with Crippen LogP contribution >= 0.6 is 23.2 Å². The van der Waals surface area contributed by atoms with E-state index in [-0.39, 0.29) is 0 Å². The fraction of sp³-hybridized carbons (Fsp3) is 0.182. The average molecular weight is 242 g/mol. The summed E-state index contributed by atoms with van der Waals surface area (Å²) in [5, 5.41) is 0.712. The van der Waals surface area contributed by atoms with E-state index in [0.717, 1.165) is 16.8 Å². The minimum atomic E-state index is 0.331. The fourth-order valence-corrected chi connectivity index (χ4v) is 1.80. The minimum Gasteiger partial charge on any atom is -0.443 e.